The van der Waals surface area contributed by atoms with E-state index in [9.17, 15) is 23.2 Å². The summed E-state index contributed by atoms with van der Waals surface area (Å²) in [5.74, 6) is -4.27. The molecule has 1 atom stereocenters. The molecule has 180 valence electrons. The van der Waals surface area contributed by atoms with Gasteiger partial charge in [0.2, 0.25) is 0 Å². The number of esters is 1. The Morgan fingerprint density at radius 3 is 2.38 bits per heavy atom. The third-order valence-electron chi connectivity index (χ3n) is 5.20. The molecule has 0 bridgehead atoms. The van der Waals surface area contributed by atoms with Crippen LogP contribution < -0.4 is 5.32 Å². The summed E-state index contributed by atoms with van der Waals surface area (Å²) in [6.07, 6.45) is 1.23. The highest BCUT2D eigenvalue weighted by molar-refractivity contribution is 6.33. The summed E-state index contributed by atoms with van der Waals surface area (Å²) in [6.45, 7) is 8.92. The predicted octanol–water partition coefficient (Wildman–Crippen LogP) is 5.36. The number of benzene rings is 1. The Kier molecular flexibility index (Phi) is 7.07. The second-order valence-corrected chi connectivity index (χ2v) is 9.48. The van der Waals surface area contributed by atoms with Crippen LogP contribution in [0.5, 0.6) is 0 Å². The number of nitriles is 1. The summed E-state index contributed by atoms with van der Waals surface area (Å²) < 4.78 is 49.8. The highest BCUT2D eigenvalue weighted by Gasteiger charge is 2.31. The molecule has 0 saturated heterocycles. The topological polar surface area (TPSA) is 92.3 Å². The van der Waals surface area contributed by atoms with Crippen LogP contribution in [0, 0.1) is 40.1 Å². The van der Waals surface area contributed by atoms with Gasteiger partial charge < -0.3 is 10.1 Å². The number of ether oxygens (including phenoxy) is 1. The number of aromatic nitrogens is 3. The molecule has 3 aromatic rings. The third kappa shape index (κ3) is 4.94. The van der Waals surface area contributed by atoms with E-state index in [1.807, 2.05) is 26.8 Å². The van der Waals surface area contributed by atoms with Crippen molar-refractivity contribution in [1.29, 1.82) is 5.26 Å². The van der Waals surface area contributed by atoms with Crippen molar-refractivity contribution < 1.29 is 22.7 Å². The van der Waals surface area contributed by atoms with Gasteiger partial charge in [-0.15, -0.1) is 0 Å². The molecule has 0 saturated carbocycles. The number of anilines is 1. The van der Waals surface area contributed by atoms with Crippen molar-refractivity contribution in [2.45, 2.75) is 40.7 Å². The normalized spacial score (nSPS) is 12.6. The number of carbonyl (C=O) groups is 1. The molecule has 0 fully saturated rings. The van der Waals surface area contributed by atoms with Gasteiger partial charge in [0, 0.05) is 12.1 Å². The van der Waals surface area contributed by atoms with Gasteiger partial charge in [-0.1, -0.05) is 46.2 Å². The molecule has 2 aromatic heterocycles. The molecule has 7 nitrogen and oxygen atoms in total. The molecule has 34 heavy (non-hydrogen) atoms. The van der Waals surface area contributed by atoms with Crippen molar-refractivity contribution in [1.82, 2.24) is 14.6 Å². The number of halogens is 4. The molecule has 0 amide bonds. The zero-order chi connectivity index (χ0) is 25.4. The van der Waals surface area contributed by atoms with Crippen LogP contribution in [-0.2, 0) is 9.53 Å². The zero-order valence-corrected chi connectivity index (χ0v) is 20.0. The molecule has 0 aliphatic carbocycles. The van der Waals surface area contributed by atoms with Crippen LogP contribution >= 0.6 is 11.6 Å². The van der Waals surface area contributed by atoms with E-state index in [1.165, 1.54) is 10.7 Å². The summed E-state index contributed by atoms with van der Waals surface area (Å²) >= 11 is 6.37. The van der Waals surface area contributed by atoms with Crippen LogP contribution in [0.4, 0.5) is 19.0 Å². The molecule has 3 rings (SSSR count). The maximum absolute atomic E-state index is 14.8. The quantitative estimate of drug-likeness (QED) is 0.367. The van der Waals surface area contributed by atoms with Gasteiger partial charge in [-0.05, 0) is 5.41 Å². The van der Waals surface area contributed by atoms with Crippen molar-refractivity contribution in [2.75, 3.05) is 11.9 Å². The van der Waals surface area contributed by atoms with Gasteiger partial charge in [0.1, 0.15) is 46.7 Å². The average Bonchev–Trinajstić information content (AvgIpc) is 3.12. The Bertz CT molecular complexity index is 1270. The Balaban J connectivity index is 2.25. The van der Waals surface area contributed by atoms with Crippen LogP contribution in [0.25, 0.3) is 16.8 Å². The molecule has 0 spiro atoms. The maximum atomic E-state index is 14.8. The second kappa shape index (κ2) is 9.50. The van der Waals surface area contributed by atoms with Crippen LogP contribution in [0.1, 0.15) is 40.2 Å². The first-order chi connectivity index (χ1) is 15.8. The van der Waals surface area contributed by atoms with Crippen molar-refractivity contribution in [3.05, 3.63) is 46.5 Å². The number of hydrogen-bond acceptors (Lipinski definition) is 6. The molecule has 0 aliphatic heterocycles. The van der Waals surface area contributed by atoms with Gasteiger partial charge in [0.15, 0.2) is 5.65 Å². The van der Waals surface area contributed by atoms with Crippen LogP contribution in [-0.4, -0.2) is 33.2 Å². The minimum atomic E-state index is -1.20. The second-order valence-electron chi connectivity index (χ2n) is 9.12. The van der Waals surface area contributed by atoms with E-state index in [-0.39, 0.29) is 40.3 Å². The van der Waals surface area contributed by atoms with Gasteiger partial charge in [-0.3, -0.25) is 4.79 Å². The van der Waals surface area contributed by atoms with Crippen molar-refractivity contribution in [3.8, 4) is 17.2 Å². The lowest BCUT2D eigenvalue weighted by Crippen LogP contribution is -2.40. The van der Waals surface area contributed by atoms with Crippen LogP contribution in [0.2, 0.25) is 5.15 Å². The number of nitrogens with zero attached hydrogens (tertiary/aromatic N) is 4. The summed E-state index contributed by atoms with van der Waals surface area (Å²) in [5.41, 5.74) is -1.24. The molecule has 1 N–H and O–H groups in total. The first kappa shape index (κ1) is 25.3. The standard InChI is InChI=1S/C23H23ClF3N5O2/c1-11(2)22(33)34-10-16(23(3,4)5)30-21-18(17-14(26)6-13(25)7-15(17)27)19(24)31-20-12(8-28)9-29-32(20)21/h6-7,9,11,16,30H,10H2,1-5H3. The molecule has 0 aliphatic rings. The molecular formula is C23H23ClF3N5O2. The number of nitrogens with one attached hydrogen (secondary N) is 1. The van der Waals surface area contributed by atoms with E-state index >= 15 is 0 Å². The molecule has 2 heterocycles. The van der Waals surface area contributed by atoms with Crippen LogP contribution in [0.15, 0.2) is 18.3 Å². The van der Waals surface area contributed by atoms with Crippen LogP contribution in [0.3, 0.4) is 0 Å². The predicted molar refractivity (Wildman–Crippen MR) is 121 cm³/mol. The first-order valence-electron chi connectivity index (χ1n) is 10.4. The smallest absolute Gasteiger partial charge is 0.308 e. The fourth-order valence-electron chi connectivity index (χ4n) is 3.19. The molecule has 1 unspecified atom stereocenters. The summed E-state index contributed by atoms with van der Waals surface area (Å²) in [5, 5.41) is 16.3. The zero-order valence-electron chi connectivity index (χ0n) is 19.2. The number of hydrogen-bond donors (Lipinski definition) is 1. The average molecular weight is 494 g/mol. The number of rotatable bonds is 6. The Hall–Kier alpha value is -3.32. The van der Waals surface area contributed by atoms with E-state index < -0.39 is 40.4 Å². The summed E-state index contributed by atoms with van der Waals surface area (Å²) in [7, 11) is 0. The largest absolute Gasteiger partial charge is 0.463 e. The lowest BCUT2D eigenvalue weighted by molar-refractivity contribution is -0.148. The summed E-state index contributed by atoms with van der Waals surface area (Å²) in [4.78, 5) is 16.2. The Labute approximate surface area is 199 Å². The van der Waals surface area contributed by atoms with Gasteiger partial charge in [-0.2, -0.15) is 14.9 Å². The van der Waals surface area contributed by atoms with Crippen molar-refractivity contribution in [2.24, 2.45) is 11.3 Å². The van der Waals surface area contributed by atoms with Gasteiger partial charge in [-0.25, -0.2) is 18.2 Å². The van der Waals surface area contributed by atoms with Gasteiger partial charge >= 0.3 is 5.97 Å². The molecule has 0 radical (unpaired) electrons. The minimum Gasteiger partial charge on any atom is -0.463 e. The maximum Gasteiger partial charge on any atom is 0.308 e. The van der Waals surface area contributed by atoms with Crippen molar-refractivity contribution in [3.63, 3.8) is 0 Å². The highest BCUT2D eigenvalue weighted by atomic mass is 35.5. The monoisotopic (exact) mass is 493 g/mol. The van der Waals surface area contributed by atoms with E-state index in [2.05, 4.69) is 15.4 Å². The van der Waals surface area contributed by atoms with Gasteiger partial charge in [0.05, 0.1) is 29.3 Å². The number of fused-ring (bicyclic) bond motifs is 1. The van der Waals surface area contributed by atoms with E-state index in [1.54, 1.807) is 13.8 Å². The highest BCUT2D eigenvalue weighted by Crippen LogP contribution is 2.39. The van der Waals surface area contributed by atoms with E-state index in [0.29, 0.717) is 12.1 Å². The lowest BCUT2D eigenvalue weighted by Gasteiger charge is -2.33. The molecule has 1 aromatic carbocycles. The molecule has 11 heteroatoms. The fourth-order valence-corrected chi connectivity index (χ4v) is 3.45. The Morgan fingerprint density at radius 2 is 1.85 bits per heavy atom. The fraction of sp³-hybridized carbons (Fsp3) is 0.391. The molecular weight excluding hydrogens is 471 g/mol. The third-order valence-corrected chi connectivity index (χ3v) is 5.47. The van der Waals surface area contributed by atoms with Crippen molar-refractivity contribution >= 4 is 29.0 Å². The SMILES string of the molecule is CC(C)C(=O)OCC(Nc1c(-c2c(F)cc(F)cc2F)c(Cl)nc2c(C#N)cnn12)C(C)(C)C. The van der Waals surface area contributed by atoms with Gasteiger partial charge in [0.25, 0.3) is 0 Å². The van der Waals surface area contributed by atoms with E-state index in [4.69, 9.17) is 16.3 Å². The number of carbonyl (C=O) groups excluding carboxylic acids is 1. The summed E-state index contributed by atoms with van der Waals surface area (Å²) in [6, 6.07) is 2.40. The minimum absolute atomic E-state index is 0.00132. The Morgan fingerprint density at radius 1 is 1.24 bits per heavy atom. The first-order valence-corrected chi connectivity index (χ1v) is 10.8. The van der Waals surface area contributed by atoms with E-state index in [0.717, 1.165) is 0 Å². The lowest BCUT2D eigenvalue weighted by atomic mass is 9.87.